The van der Waals surface area contributed by atoms with E-state index < -0.39 is 5.97 Å². The Hall–Kier alpha value is -2.59. The molecule has 0 N–H and O–H groups in total. The number of hydrogen-bond donors (Lipinski definition) is 0. The Bertz CT molecular complexity index is 997. The fourth-order valence-electron chi connectivity index (χ4n) is 3.49. The van der Waals surface area contributed by atoms with Crippen LogP contribution in [-0.4, -0.2) is 55.9 Å². The van der Waals surface area contributed by atoms with Crippen LogP contribution in [0.5, 0.6) is 0 Å². The highest BCUT2D eigenvalue weighted by Gasteiger charge is 2.33. The van der Waals surface area contributed by atoms with Crippen LogP contribution in [0.3, 0.4) is 0 Å². The van der Waals surface area contributed by atoms with Crippen molar-refractivity contribution in [3.63, 3.8) is 0 Å². The summed E-state index contributed by atoms with van der Waals surface area (Å²) in [7, 11) is 0. The van der Waals surface area contributed by atoms with Crippen LogP contribution >= 0.6 is 22.7 Å². The Morgan fingerprint density at radius 1 is 1.21 bits per heavy atom. The summed E-state index contributed by atoms with van der Waals surface area (Å²) in [6, 6.07) is 0.125. The number of carbonyl (C=O) groups excluding carboxylic acids is 2. The van der Waals surface area contributed by atoms with Crippen molar-refractivity contribution < 1.29 is 14.3 Å². The van der Waals surface area contributed by atoms with Crippen LogP contribution in [0.4, 0.5) is 0 Å². The lowest BCUT2D eigenvalue weighted by Crippen LogP contribution is -2.45. The molecule has 1 saturated heterocycles. The van der Waals surface area contributed by atoms with Gasteiger partial charge in [-0.3, -0.25) is 4.79 Å². The number of carbonyl (C=O) groups is 2. The van der Waals surface area contributed by atoms with Gasteiger partial charge in [0, 0.05) is 34.6 Å². The number of ether oxygens (including phenoxy) is 1. The Balaban J connectivity index is 1.54. The SMILES string of the molecule is CCOC(=O)c1nc([C@@H]2CC[C@@H](C)N(C(=O)c3cscc3-n3nccn3)C2)cs1. The smallest absolute Gasteiger partial charge is 0.367 e. The third kappa shape index (κ3) is 3.95. The summed E-state index contributed by atoms with van der Waals surface area (Å²) in [5.74, 6) is -0.327. The third-order valence-electron chi connectivity index (χ3n) is 5.04. The molecule has 2 atom stereocenters. The zero-order valence-corrected chi connectivity index (χ0v) is 17.8. The molecular weight excluding hydrogens is 410 g/mol. The van der Waals surface area contributed by atoms with Crippen molar-refractivity contribution in [2.75, 3.05) is 13.2 Å². The van der Waals surface area contributed by atoms with Crippen molar-refractivity contribution in [1.82, 2.24) is 24.9 Å². The maximum Gasteiger partial charge on any atom is 0.367 e. The van der Waals surface area contributed by atoms with Crippen molar-refractivity contribution in [2.24, 2.45) is 0 Å². The van der Waals surface area contributed by atoms with E-state index in [0.717, 1.165) is 18.5 Å². The lowest BCUT2D eigenvalue weighted by molar-refractivity contribution is 0.0522. The summed E-state index contributed by atoms with van der Waals surface area (Å²) in [6.07, 6.45) is 4.99. The van der Waals surface area contributed by atoms with Crippen LogP contribution in [0.15, 0.2) is 28.5 Å². The van der Waals surface area contributed by atoms with Gasteiger partial charge in [0.15, 0.2) is 0 Å². The predicted molar refractivity (Wildman–Crippen MR) is 110 cm³/mol. The molecule has 3 aromatic heterocycles. The van der Waals surface area contributed by atoms with Gasteiger partial charge in [-0.2, -0.15) is 10.2 Å². The number of thiophene rings is 1. The van der Waals surface area contributed by atoms with E-state index in [0.29, 0.717) is 29.4 Å². The molecule has 1 amide bonds. The monoisotopic (exact) mass is 431 g/mol. The molecule has 0 bridgehead atoms. The van der Waals surface area contributed by atoms with E-state index in [1.165, 1.54) is 27.5 Å². The van der Waals surface area contributed by atoms with Crippen molar-refractivity contribution in [3.8, 4) is 5.69 Å². The summed E-state index contributed by atoms with van der Waals surface area (Å²) in [6.45, 7) is 4.73. The first kappa shape index (κ1) is 19.7. The Labute approximate surface area is 176 Å². The minimum absolute atomic E-state index is 0.0309. The van der Waals surface area contributed by atoms with Crippen LogP contribution in [0.2, 0.25) is 0 Å². The summed E-state index contributed by atoms with van der Waals surface area (Å²) in [5, 5.41) is 14.3. The topological polar surface area (TPSA) is 90.2 Å². The van der Waals surface area contributed by atoms with Crippen LogP contribution in [0.1, 0.15) is 58.5 Å². The summed E-state index contributed by atoms with van der Waals surface area (Å²) >= 11 is 2.75. The van der Waals surface area contributed by atoms with Gasteiger partial charge < -0.3 is 9.64 Å². The first-order valence-electron chi connectivity index (χ1n) is 9.44. The molecule has 1 fully saturated rings. The number of hydrogen-bond acceptors (Lipinski definition) is 8. The minimum Gasteiger partial charge on any atom is -0.461 e. The molecule has 3 aromatic rings. The second-order valence-corrected chi connectivity index (χ2v) is 8.47. The molecule has 0 aliphatic carbocycles. The minimum atomic E-state index is -0.393. The van der Waals surface area contributed by atoms with Crippen molar-refractivity contribution >= 4 is 34.6 Å². The predicted octanol–water partition coefficient (Wildman–Crippen LogP) is 3.37. The maximum absolute atomic E-state index is 13.3. The van der Waals surface area contributed by atoms with Gasteiger partial charge in [0.2, 0.25) is 5.01 Å². The quantitative estimate of drug-likeness (QED) is 0.576. The Morgan fingerprint density at radius 2 is 2.00 bits per heavy atom. The van der Waals surface area contributed by atoms with Gasteiger partial charge in [-0.15, -0.1) is 27.5 Å². The van der Waals surface area contributed by atoms with Crippen molar-refractivity contribution in [1.29, 1.82) is 0 Å². The molecule has 0 spiro atoms. The van der Waals surface area contributed by atoms with E-state index in [4.69, 9.17) is 4.74 Å². The highest BCUT2D eigenvalue weighted by Crippen LogP contribution is 2.33. The van der Waals surface area contributed by atoms with Crippen LogP contribution in [-0.2, 0) is 4.74 Å². The highest BCUT2D eigenvalue weighted by molar-refractivity contribution is 7.11. The van der Waals surface area contributed by atoms with Crippen molar-refractivity contribution in [3.05, 3.63) is 44.8 Å². The second-order valence-electron chi connectivity index (χ2n) is 6.87. The van der Waals surface area contributed by atoms with Gasteiger partial charge in [-0.25, -0.2) is 9.78 Å². The molecule has 4 heterocycles. The van der Waals surface area contributed by atoms with E-state index in [-0.39, 0.29) is 17.9 Å². The van der Waals surface area contributed by atoms with Gasteiger partial charge in [0.25, 0.3) is 5.91 Å². The van der Waals surface area contributed by atoms with Gasteiger partial charge in [0.05, 0.1) is 30.3 Å². The highest BCUT2D eigenvalue weighted by atomic mass is 32.1. The molecule has 1 aliphatic heterocycles. The standard InChI is InChI=1S/C19H21N5O3S2/c1-3-27-19(26)17-22-15(10-29-17)13-5-4-12(2)23(8-13)18(25)14-9-28-11-16(14)24-20-6-7-21-24/h6-7,9-13H,3-5,8H2,1-2H3/t12-,13-/m1/s1. The van der Waals surface area contributed by atoms with E-state index in [2.05, 4.69) is 22.1 Å². The average molecular weight is 432 g/mol. The number of esters is 1. The fourth-order valence-corrected chi connectivity index (χ4v) is 5.06. The molecule has 0 aromatic carbocycles. The van der Waals surface area contributed by atoms with E-state index in [1.807, 2.05) is 21.0 Å². The number of piperidine rings is 1. The molecule has 10 heteroatoms. The van der Waals surface area contributed by atoms with Gasteiger partial charge in [0.1, 0.15) is 5.69 Å². The maximum atomic E-state index is 13.3. The Morgan fingerprint density at radius 3 is 2.76 bits per heavy atom. The number of likely N-dealkylation sites (tertiary alicyclic amines) is 1. The fraction of sp³-hybridized carbons (Fsp3) is 0.421. The number of aromatic nitrogens is 4. The molecule has 0 radical (unpaired) electrons. The molecule has 0 unspecified atom stereocenters. The second kappa shape index (κ2) is 8.42. The third-order valence-corrected chi connectivity index (χ3v) is 6.61. The zero-order chi connectivity index (χ0) is 20.4. The molecule has 4 rings (SSSR count). The van der Waals surface area contributed by atoms with Gasteiger partial charge in [-0.05, 0) is 26.7 Å². The molecule has 29 heavy (non-hydrogen) atoms. The molecule has 0 saturated carbocycles. The Kier molecular flexibility index (Phi) is 5.72. The zero-order valence-electron chi connectivity index (χ0n) is 16.1. The van der Waals surface area contributed by atoms with Gasteiger partial charge >= 0.3 is 5.97 Å². The first-order chi connectivity index (χ1) is 14.1. The van der Waals surface area contributed by atoms with E-state index >= 15 is 0 Å². The van der Waals surface area contributed by atoms with E-state index in [1.54, 1.807) is 19.3 Å². The summed E-state index contributed by atoms with van der Waals surface area (Å²) in [5.41, 5.74) is 2.14. The number of amides is 1. The summed E-state index contributed by atoms with van der Waals surface area (Å²) < 4.78 is 5.03. The van der Waals surface area contributed by atoms with E-state index in [9.17, 15) is 9.59 Å². The van der Waals surface area contributed by atoms with Crippen LogP contribution in [0, 0.1) is 0 Å². The molecule has 152 valence electrons. The number of rotatable bonds is 5. The lowest BCUT2D eigenvalue weighted by atomic mass is 9.91. The van der Waals surface area contributed by atoms with Gasteiger partial charge in [-0.1, -0.05) is 0 Å². The number of nitrogens with zero attached hydrogens (tertiary/aromatic N) is 5. The van der Waals surface area contributed by atoms with Crippen LogP contribution < -0.4 is 0 Å². The normalized spacial score (nSPS) is 19.3. The first-order valence-corrected chi connectivity index (χ1v) is 11.3. The van der Waals surface area contributed by atoms with Crippen LogP contribution in [0.25, 0.3) is 5.69 Å². The average Bonchev–Trinajstić information content (AvgIpc) is 3.48. The summed E-state index contributed by atoms with van der Waals surface area (Å²) in [4.78, 5) is 33.1. The van der Waals surface area contributed by atoms with Crippen molar-refractivity contribution in [2.45, 2.75) is 38.6 Å². The number of thiazole rings is 1. The molecular formula is C19H21N5O3S2. The largest absolute Gasteiger partial charge is 0.461 e. The lowest BCUT2D eigenvalue weighted by Gasteiger charge is -2.37. The molecule has 8 nitrogen and oxygen atoms in total. The molecule has 1 aliphatic rings.